The van der Waals surface area contributed by atoms with Crippen molar-refractivity contribution in [1.29, 1.82) is 0 Å². The maximum atomic E-state index is 11.8. The van der Waals surface area contributed by atoms with Gasteiger partial charge >= 0.3 is 0 Å². The van der Waals surface area contributed by atoms with Crippen LogP contribution in [0.25, 0.3) is 0 Å². The van der Waals surface area contributed by atoms with Gasteiger partial charge in [-0.25, -0.2) is 18.1 Å². The lowest BCUT2D eigenvalue weighted by Crippen LogP contribution is -2.38. The highest BCUT2D eigenvalue weighted by molar-refractivity contribution is 7.89. The highest BCUT2D eigenvalue weighted by atomic mass is 32.2. The molecule has 2 aromatic rings. The molecule has 2 aliphatic rings. The van der Waals surface area contributed by atoms with Crippen molar-refractivity contribution in [3.05, 3.63) is 48.2 Å². The summed E-state index contributed by atoms with van der Waals surface area (Å²) in [4.78, 5) is 9.36. The van der Waals surface area contributed by atoms with E-state index in [1.165, 1.54) is 24.5 Å². The first kappa shape index (κ1) is 18.3. The summed E-state index contributed by atoms with van der Waals surface area (Å²) in [6.45, 7) is 4.18. The Kier molecular flexibility index (Phi) is 5.06. The zero-order chi connectivity index (χ0) is 18.9. The number of fused-ring (bicyclic) bond motifs is 1. The number of rotatable bonds is 5. The zero-order valence-corrected chi connectivity index (χ0v) is 16.5. The van der Waals surface area contributed by atoms with Gasteiger partial charge in [-0.2, -0.15) is 0 Å². The smallest absolute Gasteiger partial charge is 0.241 e. The molecule has 7 heteroatoms. The molecule has 1 fully saturated rings. The number of aromatic nitrogens is 1. The average Bonchev–Trinajstić information content (AvgIpc) is 3.12. The Bertz CT molecular complexity index is 890. The largest absolute Gasteiger partial charge is 0.371 e. The van der Waals surface area contributed by atoms with Crippen LogP contribution in [0.3, 0.4) is 0 Å². The maximum absolute atomic E-state index is 11.8. The molecule has 0 spiro atoms. The van der Waals surface area contributed by atoms with Gasteiger partial charge in [0.15, 0.2) is 0 Å². The highest BCUT2D eigenvalue weighted by Gasteiger charge is 2.25. The summed E-state index contributed by atoms with van der Waals surface area (Å²) in [6.07, 6.45) is 4.86. The molecule has 1 aromatic heterocycles. The van der Waals surface area contributed by atoms with Crippen molar-refractivity contribution < 1.29 is 8.42 Å². The lowest BCUT2D eigenvalue weighted by atomic mass is 9.96. The standard InChI is InChI=1S/C20H26N4O2S/c1-21-27(25,26)18-6-7-20(22-14-18)23-11-8-16(9-12-23)15-24-13-10-17-4-2-3-5-19(17)24/h2-7,14,16,21H,8-13,15H2,1H3. The van der Waals surface area contributed by atoms with Crippen LogP contribution in [0.5, 0.6) is 0 Å². The Morgan fingerprint density at radius 1 is 1.11 bits per heavy atom. The van der Waals surface area contributed by atoms with E-state index in [4.69, 9.17) is 0 Å². The molecule has 0 atom stereocenters. The topological polar surface area (TPSA) is 65.5 Å². The lowest BCUT2D eigenvalue weighted by molar-refractivity contribution is 0.404. The predicted octanol–water partition coefficient (Wildman–Crippen LogP) is 2.27. The maximum Gasteiger partial charge on any atom is 0.241 e. The van der Waals surface area contributed by atoms with Crippen molar-refractivity contribution in [3.63, 3.8) is 0 Å². The van der Waals surface area contributed by atoms with E-state index >= 15 is 0 Å². The third-order valence-corrected chi connectivity index (χ3v) is 7.10. The summed E-state index contributed by atoms with van der Waals surface area (Å²) < 4.78 is 25.9. The Hall–Kier alpha value is -2.12. The SMILES string of the molecule is CNS(=O)(=O)c1ccc(N2CCC(CN3CCc4ccccc43)CC2)nc1. The van der Waals surface area contributed by atoms with Gasteiger partial charge < -0.3 is 9.80 Å². The monoisotopic (exact) mass is 386 g/mol. The molecule has 27 heavy (non-hydrogen) atoms. The van der Waals surface area contributed by atoms with Gasteiger partial charge in [0.2, 0.25) is 10.0 Å². The number of pyridine rings is 1. The number of para-hydroxylation sites is 1. The van der Waals surface area contributed by atoms with Gasteiger partial charge in [-0.3, -0.25) is 0 Å². The minimum absolute atomic E-state index is 0.205. The van der Waals surface area contributed by atoms with Crippen molar-refractivity contribution >= 4 is 21.5 Å². The molecule has 4 rings (SSSR count). The predicted molar refractivity (Wildman–Crippen MR) is 108 cm³/mol. The van der Waals surface area contributed by atoms with E-state index in [2.05, 4.69) is 43.8 Å². The van der Waals surface area contributed by atoms with Gasteiger partial charge in [0.1, 0.15) is 10.7 Å². The van der Waals surface area contributed by atoms with E-state index in [1.807, 2.05) is 0 Å². The first-order chi connectivity index (χ1) is 13.1. The normalized spacial score (nSPS) is 18.0. The third-order valence-electron chi connectivity index (χ3n) is 5.70. The van der Waals surface area contributed by atoms with Crippen LogP contribution >= 0.6 is 0 Å². The van der Waals surface area contributed by atoms with E-state index in [-0.39, 0.29) is 4.90 Å². The van der Waals surface area contributed by atoms with Crippen LogP contribution in [0.4, 0.5) is 11.5 Å². The number of nitrogens with one attached hydrogen (secondary N) is 1. The molecular weight excluding hydrogens is 360 g/mol. The molecule has 1 saturated heterocycles. The van der Waals surface area contributed by atoms with Crippen molar-refractivity contribution in [1.82, 2.24) is 9.71 Å². The fourth-order valence-electron chi connectivity index (χ4n) is 4.09. The molecule has 1 N–H and O–H groups in total. The number of nitrogens with zero attached hydrogens (tertiary/aromatic N) is 3. The van der Waals surface area contributed by atoms with Gasteiger partial charge in [0, 0.05) is 38.1 Å². The van der Waals surface area contributed by atoms with Crippen LogP contribution in [-0.4, -0.2) is 46.6 Å². The Balaban J connectivity index is 1.34. The van der Waals surface area contributed by atoms with Crippen molar-refractivity contribution in [2.45, 2.75) is 24.2 Å². The molecule has 0 unspecified atom stereocenters. The molecule has 144 valence electrons. The van der Waals surface area contributed by atoms with Gasteiger partial charge in [0.05, 0.1) is 0 Å². The second-order valence-electron chi connectivity index (χ2n) is 7.31. The molecule has 1 aromatic carbocycles. The molecule has 0 aliphatic carbocycles. The lowest BCUT2D eigenvalue weighted by Gasteiger charge is -2.35. The first-order valence-corrected chi connectivity index (χ1v) is 11.0. The van der Waals surface area contributed by atoms with Crippen LogP contribution < -0.4 is 14.5 Å². The molecule has 0 radical (unpaired) electrons. The van der Waals surface area contributed by atoms with Crippen LogP contribution in [-0.2, 0) is 16.4 Å². The highest BCUT2D eigenvalue weighted by Crippen LogP contribution is 2.30. The third kappa shape index (κ3) is 3.80. The van der Waals surface area contributed by atoms with E-state index < -0.39 is 10.0 Å². The van der Waals surface area contributed by atoms with Crippen molar-refractivity contribution in [3.8, 4) is 0 Å². The summed E-state index contributed by atoms with van der Waals surface area (Å²) in [5.74, 6) is 1.55. The van der Waals surface area contributed by atoms with Crippen LogP contribution in [0.2, 0.25) is 0 Å². The van der Waals surface area contributed by atoms with Gasteiger partial charge in [0.25, 0.3) is 0 Å². The van der Waals surface area contributed by atoms with Crippen LogP contribution in [0.1, 0.15) is 18.4 Å². The van der Waals surface area contributed by atoms with Gasteiger partial charge in [-0.1, -0.05) is 18.2 Å². The van der Waals surface area contributed by atoms with Crippen molar-refractivity contribution in [2.75, 3.05) is 43.0 Å². The molecular formula is C20H26N4O2S. The molecule has 3 heterocycles. The van der Waals surface area contributed by atoms with Crippen molar-refractivity contribution in [2.24, 2.45) is 5.92 Å². The summed E-state index contributed by atoms with van der Waals surface area (Å²) in [5.41, 5.74) is 2.87. The Morgan fingerprint density at radius 2 is 1.89 bits per heavy atom. The minimum atomic E-state index is -3.43. The minimum Gasteiger partial charge on any atom is -0.371 e. The molecule has 2 aliphatic heterocycles. The molecule has 0 saturated carbocycles. The zero-order valence-electron chi connectivity index (χ0n) is 15.6. The fourth-order valence-corrected chi connectivity index (χ4v) is 4.76. The van der Waals surface area contributed by atoms with Gasteiger partial charge in [-0.05, 0) is 56.0 Å². The second kappa shape index (κ2) is 7.48. The fraction of sp³-hybridized carbons (Fsp3) is 0.450. The number of piperidine rings is 1. The number of sulfonamides is 1. The number of hydrogen-bond donors (Lipinski definition) is 1. The quantitative estimate of drug-likeness (QED) is 0.854. The van der Waals surface area contributed by atoms with E-state index in [0.29, 0.717) is 5.92 Å². The van der Waals surface area contributed by atoms with E-state index in [9.17, 15) is 8.42 Å². The summed E-state index contributed by atoms with van der Waals surface area (Å²) in [6, 6.07) is 12.2. The number of anilines is 2. The number of benzene rings is 1. The van der Waals surface area contributed by atoms with E-state index in [1.54, 1.807) is 12.1 Å². The molecule has 0 bridgehead atoms. The summed E-state index contributed by atoms with van der Waals surface area (Å²) in [7, 11) is -2.02. The van der Waals surface area contributed by atoms with E-state index in [0.717, 1.165) is 51.3 Å². The van der Waals surface area contributed by atoms with Crippen LogP contribution in [0, 0.1) is 5.92 Å². The Labute approximate surface area is 161 Å². The van der Waals surface area contributed by atoms with Crippen LogP contribution in [0.15, 0.2) is 47.5 Å². The molecule has 0 amide bonds. The summed E-state index contributed by atoms with van der Waals surface area (Å²) >= 11 is 0. The summed E-state index contributed by atoms with van der Waals surface area (Å²) in [5, 5.41) is 0. The average molecular weight is 387 g/mol. The van der Waals surface area contributed by atoms with Gasteiger partial charge in [-0.15, -0.1) is 0 Å². The molecule has 6 nitrogen and oxygen atoms in total. The first-order valence-electron chi connectivity index (χ1n) is 9.54. The number of hydrogen-bond acceptors (Lipinski definition) is 5. The second-order valence-corrected chi connectivity index (χ2v) is 9.20. The Morgan fingerprint density at radius 3 is 2.59 bits per heavy atom.